The Morgan fingerprint density at radius 1 is 1.13 bits per heavy atom. The molecule has 0 radical (unpaired) electrons. The monoisotopic (exact) mass is 349 g/mol. The van der Waals surface area contributed by atoms with E-state index >= 15 is 0 Å². The summed E-state index contributed by atoms with van der Waals surface area (Å²) in [6, 6.07) is 2.68. The summed E-state index contributed by atoms with van der Waals surface area (Å²) in [4.78, 5) is 26.4. The standard InChI is InChI=1S/C14H15ClF3N3O2/c1-9(22)20-4-6-21(7-5-20)13(23)19-10-2-3-12(15)11(8-10)14(16,17)18/h2-3,8H,4-7H2,1H3,(H,19,23). The number of halogens is 4. The Labute approximate surface area is 136 Å². The van der Waals surface area contributed by atoms with Crippen molar-refractivity contribution in [2.24, 2.45) is 0 Å². The summed E-state index contributed by atoms with van der Waals surface area (Å²) in [5.41, 5.74) is -0.987. The molecule has 1 saturated heterocycles. The number of benzene rings is 1. The van der Waals surface area contributed by atoms with Crippen molar-refractivity contribution >= 4 is 29.2 Å². The topological polar surface area (TPSA) is 52.7 Å². The lowest BCUT2D eigenvalue weighted by atomic mass is 10.2. The smallest absolute Gasteiger partial charge is 0.339 e. The van der Waals surface area contributed by atoms with E-state index in [1.165, 1.54) is 17.9 Å². The number of amides is 3. The Balaban J connectivity index is 2.03. The maximum absolute atomic E-state index is 12.8. The number of alkyl halides is 3. The van der Waals surface area contributed by atoms with Gasteiger partial charge in [-0.1, -0.05) is 11.6 Å². The molecule has 9 heteroatoms. The van der Waals surface area contributed by atoms with Crippen molar-refractivity contribution in [1.82, 2.24) is 9.80 Å². The van der Waals surface area contributed by atoms with Crippen molar-refractivity contribution in [3.8, 4) is 0 Å². The number of nitrogens with zero attached hydrogens (tertiary/aromatic N) is 2. The van der Waals surface area contributed by atoms with Gasteiger partial charge in [-0.25, -0.2) is 4.79 Å². The highest BCUT2D eigenvalue weighted by molar-refractivity contribution is 6.31. The number of carbonyl (C=O) groups excluding carboxylic acids is 2. The van der Waals surface area contributed by atoms with Gasteiger partial charge < -0.3 is 15.1 Å². The van der Waals surface area contributed by atoms with Crippen LogP contribution in [0.4, 0.5) is 23.7 Å². The molecule has 2 rings (SSSR count). The third-order valence-electron chi connectivity index (χ3n) is 3.54. The van der Waals surface area contributed by atoms with Crippen LogP contribution in [0.1, 0.15) is 12.5 Å². The van der Waals surface area contributed by atoms with E-state index in [1.54, 1.807) is 4.90 Å². The normalized spacial score (nSPS) is 15.5. The number of hydrogen-bond donors (Lipinski definition) is 1. The van der Waals surface area contributed by atoms with E-state index in [2.05, 4.69) is 5.32 Å². The summed E-state index contributed by atoms with van der Waals surface area (Å²) in [5.74, 6) is -0.0717. The SMILES string of the molecule is CC(=O)N1CCN(C(=O)Nc2ccc(Cl)c(C(F)(F)F)c2)CC1. The molecule has 5 nitrogen and oxygen atoms in total. The summed E-state index contributed by atoms with van der Waals surface area (Å²) < 4.78 is 38.4. The number of rotatable bonds is 1. The van der Waals surface area contributed by atoms with Crippen LogP contribution in [-0.2, 0) is 11.0 Å². The number of carbonyl (C=O) groups is 2. The molecule has 0 aliphatic carbocycles. The molecular weight excluding hydrogens is 335 g/mol. The van der Waals surface area contributed by atoms with Crippen molar-refractivity contribution in [2.75, 3.05) is 31.5 Å². The van der Waals surface area contributed by atoms with Gasteiger partial charge in [-0.3, -0.25) is 4.79 Å². The lowest BCUT2D eigenvalue weighted by molar-refractivity contribution is -0.137. The molecule has 1 aromatic rings. The van der Waals surface area contributed by atoms with Gasteiger partial charge in [0, 0.05) is 38.8 Å². The van der Waals surface area contributed by atoms with Gasteiger partial charge in [0.15, 0.2) is 0 Å². The van der Waals surface area contributed by atoms with E-state index in [4.69, 9.17) is 11.6 Å². The van der Waals surface area contributed by atoms with Crippen molar-refractivity contribution in [3.05, 3.63) is 28.8 Å². The second-order valence-corrected chi connectivity index (χ2v) is 5.52. The van der Waals surface area contributed by atoms with Gasteiger partial charge in [0.2, 0.25) is 5.91 Å². The number of piperazine rings is 1. The minimum absolute atomic E-state index is 0.0146. The fourth-order valence-corrected chi connectivity index (χ4v) is 2.47. The summed E-state index contributed by atoms with van der Waals surface area (Å²) >= 11 is 5.53. The summed E-state index contributed by atoms with van der Waals surface area (Å²) in [5, 5.41) is 1.99. The van der Waals surface area contributed by atoms with Crippen molar-refractivity contribution in [3.63, 3.8) is 0 Å². The average Bonchev–Trinajstić information content (AvgIpc) is 2.48. The molecule has 3 amide bonds. The molecule has 0 atom stereocenters. The van der Waals surface area contributed by atoms with Crippen LogP contribution in [0.15, 0.2) is 18.2 Å². The van der Waals surface area contributed by atoms with Crippen LogP contribution in [0.25, 0.3) is 0 Å². The van der Waals surface area contributed by atoms with Gasteiger partial charge in [0.25, 0.3) is 0 Å². The van der Waals surface area contributed by atoms with Gasteiger partial charge in [0.05, 0.1) is 10.6 Å². The molecule has 1 aliphatic heterocycles. The molecule has 1 aliphatic rings. The molecule has 1 fully saturated rings. The summed E-state index contributed by atoms with van der Waals surface area (Å²) in [6.45, 7) is 2.90. The van der Waals surface area contributed by atoms with E-state index < -0.39 is 22.8 Å². The molecule has 1 N–H and O–H groups in total. The zero-order chi connectivity index (χ0) is 17.2. The highest BCUT2D eigenvalue weighted by Gasteiger charge is 2.33. The molecule has 1 aromatic carbocycles. The second kappa shape index (κ2) is 6.66. The first-order valence-electron chi connectivity index (χ1n) is 6.86. The number of nitrogens with one attached hydrogen (secondary N) is 1. The Kier molecular flexibility index (Phi) is 5.03. The highest BCUT2D eigenvalue weighted by Crippen LogP contribution is 2.36. The molecule has 126 valence electrons. The summed E-state index contributed by atoms with van der Waals surface area (Å²) in [6.07, 6.45) is -4.59. The van der Waals surface area contributed by atoms with Crippen LogP contribution in [-0.4, -0.2) is 47.9 Å². The zero-order valence-electron chi connectivity index (χ0n) is 12.3. The van der Waals surface area contributed by atoms with E-state index in [0.29, 0.717) is 26.2 Å². The van der Waals surface area contributed by atoms with Crippen LogP contribution < -0.4 is 5.32 Å². The van der Waals surface area contributed by atoms with E-state index in [-0.39, 0.29) is 11.6 Å². The number of urea groups is 1. The second-order valence-electron chi connectivity index (χ2n) is 5.12. The van der Waals surface area contributed by atoms with E-state index in [0.717, 1.165) is 12.1 Å². The maximum Gasteiger partial charge on any atom is 0.417 e. The molecular formula is C14H15ClF3N3O2. The molecule has 0 bridgehead atoms. The van der Waals surface area contributed by atoms with E-state index in [1.807, 2.05) is 0 Å². The van der Waals surface area contributed by atoms with Gasteiger partial charge in [-0.2, -0.15) is 13.2 Å². The fraction of sp³-hybridized carbons (Fsp3) is 0.429. The van der Waals surface area contributed by atoms with E-state index in [9.17, 15) is 22.8 Å². The molecule has 0 saturated carbocycles. The predicted molar refractivity (Wildman–Crippen MR) is 79.3 cm³/mol. The largest absolute Gasteiger partial charge is 0.417 e. The molecule has 23 heavy (non-hydrogen) atoms. The molecule has 0 spiro atoms. The molecule has 0 unspecified atom stereocenters. The first-order chi connectivity index (χ1) is 10.7. The highest BCUT2D eigenvalue weighted by atomic mass is 35.5. The van der Waals surface area contributed by atoms with Crippen molar-refractivity contribution < 1.29 is 22.8 Å². The predicted octanol–water partition coefficient (Wildman–Crippen LogP) is 3.05. The van der Waals surface area contributed by atoms with Crippen molar-refractivity contribution in [1.29, 1.82) is 0 Å². The molecule has 1 heterocycles. The fourth-order valence-electron chi connectivity index (χ4n) is 2.25. The Morgan fingerprint density at radius 3 is 2.22 bits per heavy atom. The van der Waals surface area contributed by atoms with Gasteiger partial charge in [-0.15, -0.1) is 0 Å². The number of anilines is 1. The van der Waals surface area contributed by atoms with Gasteiger partial charge >= 0.3 is 12.2 Å². The average molecular weight is 350 g/mol. The summed E-state index contributed by atoms with van der Waals surface area (Å²) in [7, 11) is 0. The zero-order valence-corrected chi connectivity index (χ0v) is 13.0. The minimum Gasteiger partial charge on any atom is -0.339 e. The lowest BCUT2D eigenvalue weighted by Gasteiger charge is -2.34. The minimum atomic E-state index is -4.59. The van der Waals surface area contributed by atoms with Gasteiger partial charge in [-0.05, 0) is 18.2 Å². The first kappa shape index (κ1) is 17.4. The third-order valence-corrected chi connectivity index (χ3v) is 3.86. The third kappa shape index (κ3) is 4.28. The van der Waals surface area contributed by atoms with Gasteiger partial charge in [0.1, 0.15) is 0 Å². The van der Waals surface area contributed by atoms with Crippen LogP contribution in [0.3, 0.4) is 0 Å². The first-order valence-corrected chi connectivity index (χ1v) is 7.24. The molecule has 0 aromatic heterocycles. The van der Waals surface area contributed by atoms with Crippen LogP contribution in [0.5, 0.6) is 0 Å². The Morgan fingerprint density at radius 2 is 1.70 bits per heavy atom. The maximum atomic E-state index is 12.8. The quantitative estimate of drug-likeness (QED) is 0.847. The van der Waals surface area contributed by atoms with Crippen LogP contribution >= 0.6 is 11.6 Å². The number of hydrogen-bond acceptors (Lipinski definition) is 2. The lowest BCUT2D eigenvalue weighted by Crippen LogP contribution is -2.51. The van der Waals surface area contributed by atoms with Crippen molar-refractivity contribution in [2.45, 2.75) is 13.1 Å². The Hall–Kier alpha value is -1.96. The van der Waals surface area contributed by atoms with Crippen LogP contribution in [0, 0.1) is 0 Å². The van der Waals surface area contributed by atoms with Crippen LogP contribution in [0.2, 0.25) is 5.02 Å². The Bertz CT molecular complexity index is 614.